The number of halogens is 3. The monoisotopic (exact) mass is 904 g/mol. The quantitative estimate of drug-likeness (QED) is 0.133. The van der Waals surface area contributed by atoms with Crippen molar-refractivity contribution in [2.45, 2.75) is 6.92 Å². The van der Waals surface area contributed by atoms with Crippen LogP contribution < -0.4 is 0 Å². The van der Waals surface area contributed by atoms with E-state index < -0.39 is 0 Å². The molecule has 0 N–H and O–H groups in total. The van der Waals surface area contributed by atoms with Gasteiger partial charge in [-0.15, -0.1) is 0 Å². The second-order valence-electron chi connectivity index (χ2n) is 18.0. The van der Waals surface area contributed by atoms with Gasteiger partial charge in [0.15, 0.2) is 0 Å². The molecule has 0 bridgehead atoms. The Morgan fingerprint density at radius 2 is 0.457 bits per heavy atom. The summed E-state index contributed by atoms with van der Waals surface area (Å²) in [4.78, 5) is 0. The van der Waals surface area contributed by atoms with Crippen LogP contribution in [0.25, 0.3) is 121 Å². The Morgan fingerprint density at radius 1 is 0.214 bits per heavy atom. The molecule has 0 fully saturated rings. The fraction of sp³-hybridized carbons (Fsp3) is 0.0149. The van der Waals surface area contributed by atoms with E-state index in [0.29, 0.717) is 0 Å². The van der Waals surface area contributed by atoms with Gasteiger partial charge in [0.1, 0.15) is 17.5 Å². The van der Waals surface area contributed by atoms with E-state index in [9.17, 15) is 13.2 Å². The zero-order chi connectivity index (χ0) is 47.3. The summed E-state index contributed by atoms with van der Waals surface area (Å²) in [5, 5.41) is 6.53. The largest absolute Gasteiger partial charge is 0.207 e. The highest BCUT2D eigenvalue weighted by molar-refractivity contribution is 6.34. The van der Waals surface area contributed by atoms with Crippen LogP contribution in [0.3, 0.4) is 0 Å². The summed E-state index contributed by atoms with van der Waals surface area (Å²) in [6, 6.07) is 81.0. The summed E-state index contributed by atoms with van der Waals surface area (Å²) in [6.45, 7) is 2.11. The first-order valence-corrected chi connectivity index (χ1v) is 23.5. The lowest BCUT2D eigenvalue weighted by Crippen LogP contribution is -1.98. The van der Waals surface area contributed by atoms with E-state index >= 15 is 0 Å². The molecule has 12 aromatic rings. The van der Waals surface area contributed by atoms with E-state index in [0.717, 1.165) is 121 Å². The fourth-order valence-corrected chi connectivity index (χ4v) is 10.3. The average molecular weight is 905 g/mol. The molecule has 0 aliphatic heterocycles. The molecule has 0 aliphatic carbocycles. The van der Waals surface area contributed by atoms with Crippen molar-refractivity contribution in [1.29, 1.82) is 0 Å². The van der Waals surface area contributed by atoms with Crippen molar-refractivity contribution < 1.29 is 13.2 Å². The Kier molecular flexibility index (Phi) is 10.8. The van der Waals surface area contributed by atoms with Gasteiger partial charge in [0.05, 0.1) is 0 Å². The number of aryl methyl sites for hydroxylation is 1. The van der Waals surface area contributed by atoms with Crippen LogP contribution in [0.4, 0.5) is 13.2 Å². The van der Waals surface area contributed by atoms with Gasteiger partial charge in [0.2, 0.25) is 0 Å². The normalized spacial score (nSPS) is 11.4. The van der Waals surface area contributed by atoms with Crippen LogP contribution in [0, 0.1) is 24.4 Å². The van der Waals surface area contributed by atoms with Crippen LogP contribution in [-0.2, 0) is 0 Å². The zero-order valence-electron chi connectivity index (χ0n) is 38.2. The van der Waals surface area contributed by atoms with Gasteiger partial charge in [-0.25, -0.2) is 13.2 Å². The number of rotatable bonds is 8. The molecule has 0 amide bonds. The van der Waals surface area contributed by atoms with Gasteiger partial charge >= 0.3 is 0 Å². The Balaban J connectivity index is 1.29. The molecule has 12 rings (SSSR count). The highest BCUT2D eigenvalue weighted by atomic mass is 19.1. The average Bonchev–Trinajstić information content (AvgIpc) is 3.41. The fourth-order valence-electron chi connectivity index (χ4n) is 10.3. The second kappa shape index (κ2) is 17.7. The molecule has 332 valence electrons. The van der Waals surface area contributed by atoms with E-state index in [1.165, 1.54) is 42.0 Å². The number of fused-ring (bicyclic) bond motifs is 3. The summed E-state index contributed by atoms with van der Waals surface area (Å²) < 4.78 is 42.8. The molecule has 0 atom stereocenters. The molecule has 0 aliphatic rings. The van der Waals surface area contributed by atoms with Crippen LogP contribution in [0.15, 0.2) is 243 Å². The third-order valence-electron chi connectivity index (χ3n) is 13.8. The number of benzene rings is 12. The standard InChI is InChI=1S/C67H43F3/c1-42-12-14-47(15-13-42)53-30-38-58-60(40-53)64(49-8-4-2-5-9-49)66-63(52-22-18-44(19-23-52)46-26-34-56(69)35-27-46)59-39-31-54(48-28-36-57(70)37-29-48)41-61(59)65(50-10-6-3-7-11-50)67(66)62(58)51-20-16-43(17-21-51)45-24-32-55(68)33-25-45/h2-41H,1H3. The Hall–Kier alpha value is -8.79. The minimum Gasteiger partial charge on any atom is -0.207 e. The molecule has 0 aromatic heterocycles. The van der Waals surface area contributed by atoms with E-state index in [4.69, 9.17) is 0 Å². The van der Waals surface area contributed by atoms with Crippen LogP contribution in [0.1, 0.15) is 5.56 Å². The minimum atomic E-state index is -0.284. The van der Waals surface area contributed by atoms with Crippen molar-refractivity contribution >= 4 is 32.3 Å². The minimum absolute atomic E-state index is 0.272. The molecular weight excluding hydrogens is 862 g/mol. The first kappa shape index (κ1) is 42.6. The highest BCUT2D eigenvalue weighted by Gasteiger charge is 2.27. The van der Waals surface area contributed by atoms with E-state index in [1.807, 2.05) is 36.4 Å². The molecule has 0 saturated carbocycles. The highest BCUT2D eigenvalue weighted by Crippen LogP contribution is 2.54. The third kappa shape index (κ3) is 7.72. The van der Waals surface area contributed by atoms with E-state index in [2.05, 4.69) is 177 Å². The first-order chi connectivity index (χ1) is 34.3. The summed E-state index contributed by atoms with van der Waals surface area (Å²) in [5.74, 6) is -0.831. The molecule has 0 spiro atoms. The van der Waals surface area contributed by atoms with Crippen LogP contribution in [0.2, 0.25) is 0 Å². The van der Waals surface area contributed by atoms with E-state index in [-0.39, 0.29) is 17.5 Å². The summed E-state index contributed by atoms with van der Waals surface area (Å²) in [7, 11) is 0. The maximum atomic E-state index is 14.5. The summed E-state index contributed by atoms with van der Waals surface area (Å²) in [6.07, 6.45) is 0. The van der Waals surface area contributed by atoms with Crippen molar-refractivity contribution in [1.82, 2.24) is 0 Å². The maximum absolute atomic E-state index is 14.5. The van der Waals surface area contributed by atoms with Crippen LogP contribution in [-0.4, -0.2) is 0 Å². The van der Waals surface area contributed by atoms with Gasteiger partial charge in [0.25, 0.3) is 0 Å². The molecule has 0 saturated heterocycles. The third-order valence-corrected chi connectivity index (χ3v) is 13.8. The molecule has 3 heteroatoms. The number of hydrogen-bond acceptors (Lipinski definition) is 0. The predicted molar refractivity (Wildman–Crippen MR) is 287 cm³/mol. The maximum Gasteiger partial charge on any atom is 0.123 e. The number of hydrogen-bond donors (Lipinski definition) is 0. The topological polar surface area (TPSA) is 0 Å². The molecule has 0 unspecified atom stereocenters. The molecule has 12 aromatic carbocycles. The second-order valence-corrected chi connectivity index (χ2v) is 18.0. The lowest BCUT2D eigenvalue weighted by atomic mass is 9.76. The summed E-state index contributed by atoms with van der Waals surface area (Å²) in [5.41, 5.74) is 17.7. The molecule has 0 heterocycles. The van der Waals surface area contributed by atoms with Crippen molar-refractivity contribution in [2.75, 3.05) is 0 Å². The van der Waals surface area contributed by atoms with Crippen LogP contribution in [0.5, 0.6) is 0 Å². The van der Waals surface area contributed by atoms with Gasteiger partial charge in [-0.05, 0) is 177 Å². The first-order valence-electron chi connectivity index (χ1n) is 23.5. The SMILES string of the molecule is Cc1ccc(-c2ccc3c(-c4ccc(-c5ccc(F)cc5)cc4)c4c(-c5ccccc5)c5cc(-c6ccc(F)cc6)ccc5c(-c5ccc(-c6ccc(F)cc6)cc5)c4c(-c4ccccc4)c3c2)cc1. The van der Waals surface area contributed by atoms with Gasteiger partial charge in [0, 0.05) is 0 Å². The molecular formula is C67H43F3. The molecule has 0 radical (unpaired) electrons. The molecule has 70 heavy (non-hydrogen) atoms. The lowest BCUT2D eigenvalue weighted by molar-refractivity contribution is 0.627. The van der Waals surface area contributed by atoms with Gasteiger partial charge < -0.3 is 0 Å². The predicted octanol–water partition coefficient (Wildman–Crippen LogP) is 19.2. The van der Waals surface area contributed by atoms with Crippen molar-refractivity contribution in [3.8, 4) is 89.0 Å². The van der Waals surface area contributed by atoms with Gasteiger partial charge in [-0.2, -0.15) is 0 Å². The lowest BCUT2D eigenvalue weighted by Gasteiger charge is -2.26. The van der Waals surface area contributed by atoms with Crippen molar-refractivity contribution in [2.24, 2.45) is 0 Å². The molecule has 0 nitrogen and oxygen atoms in total. The van der Waals surface area contributed by atoms with Crippen molar-refractivity contribution in [3.63, 3.8) is 0 Å². The van der Waals surface area contributed by atoms with Crippen LogP contribution >= 0.6 is 0 Å². The van der Waals surface area contributed by atoms with Crippen molar-refractivity contribution in [3.05, 3.63) is 266 Å². The zero-order valence-corrected chi connectivity index (χ0v) is 38.2. The Morgan fingerprint density at radius 3 is 0.800 bits per heavy atom. The van der Waals surface area contributed by atoms with Gasteiger partial charge in [-0.3, -0.25) is 0 Å². The van der Waals surface area contributed by atoms with E-state index in [1.54, 1.807) is 0 Å². The Labute approximate surface area is 405 Å². The Bertz CT molecular complexity index is 3620. The van der Waals surface area contributed by atoms with Gasteiger partial charge in [-0.1, -0.05) is 200 Å². The summed E-state index contributed by atoms with van der Waals surface area (Å²) >= 11 is 0. The smallest absolute Gasteiger partial charge is 0.123 e.